The lowest BCUT2D eigenvalue weighted by Gasteiger charge is -2.33. The normalized spacial score (nSPS) is 13.7. The van der Waals surface area contributed by atoms with Crippen molar-refractivity contribution in [2.45, 2.75) is 38.7 Å². The van der Waals surface area contributed by atoms with Gasteiger partial charge < -0.3 is 35.6 Å². The first-order valence-corrected chi connectivity index (χ1v) is 12.7. The summed E-state index contributed by atoms with van der Waals surface area (Å²) in [5, 5.41) is 44.4. The number of aromatic hydroxyl groups is 1. The number of piperidine rings is 1. The molecule has 7 N–H and O–H groups in total. The molecular formula is C28H33N5O7. The number of nitrogens with two attached hydrogens (primary N) is 1. The molecule has 1 saturated heterocycles. The molecule has 212 valence electrons. The first kappa shape index (κ1) is 29.7. The molecule has 0 aliphatic carbocycles. The van der Waals surface area contributed by atoms with Crippen LogP contribution < -0.4 is 15.4 Å². The van der Waals surface area contributed by atoms with Crippen LogP contribution >= 0.6 is 0 Å². The Balaban J connectivity index is 1.86. The monoisotopic (exact) mass is 551 g/mol. The van der Waals surface area contributed by atoms with Crippen LogP contribution in [0, 0.1) is 10.8 Å². The molecule has 0 unspecified atom stereocenters. The highest BCUT2D eigenvalue weighted by Gasteiger charge is 2.24. The first-order valence-electron chi connectivity index (χ1n) is 12.7. The number of phenolic OH excluding ortho intramolecular Hbond substituents is 1. The molecule has 1 heterocycles. The number of aliphatic carboxylic acids is 1. The Morgan fingerprint density at radius 1 is 1.10 bits per heavy atom. The van der Waals surface area contributed by atoms with Crippen molar-refractivity contribution in [3.63, 3.8) is 0 Å². The van der Waals surface area contributed by atoms with Crippen LogP contribution in [0.2, 0.25) is 0 Å². The van der Waals surface area contributed by atoms with Gasteiger partial charge in [0.25, 0.3) is 0 Å². The standard InChI is InChI=1S/C28H33N5O7/c1-17(29)32-13-10-21(11-14-32)40-24-7-5-20(16-22(24)28(38)39)33(25(35)8-9-26(36)37)12-2-3-18-15-19(27(30)31)4-6-23(18)34/h2-7,15-16,21,29,34H,8-14H2,1H3,(H3,30,31)(H,36,37)(H,38,39). The maximum Gasteiger partial charge on any atom is 0.339 e. The van der Waals surface area contributed by atoms with E-state index in [0.717, 1.165) is 0 Å². The van der Waals surface area contributed by atoms with E-state index >= 15 is 0 Å². The lowest BCUT2D eigenvalue weighted by Crippen LogP contribution is -2.40. The Bertz CT molecular complexity index is 1330. The lowest BCUT2D eigenvalue weighted by molar-refractivity contribution is -0.138. The Labute approximate surface area is 231 Å². The van der Waals surface area contributed by atoms with Crippen molar-refractivity contribution >= 4 is 41.3 Å². The third-order valence-corrected chi connectivity index (χ3v) is 6.49. The fraction of sp³-hybridized carbons (Fsp3) is 0.321. The number of nitrogens with zero attached hydrogens (tertiary/aromatic N) is 2. The van der Waals surface area contributed by atoms with Gasteiger partial charge in [-0.2, -0.15) is 0 Å². The van der Waals surface area contributed by atoms with Crippen molar-refractivity contribution < 1.29 is 34.4 Å². The molecule has 0 bridgehead atoms. The maximum absolute atomic E-state index is 13.0. The molecule has 0 saturated carbocycles. The summed E-state index contributed by atoms with van der Waals surface area (Å²) in [7, 11) is 0. The minimum atomic E-state index is -1.25. The third kappa shape index (κ3) is 7.82. The van der Waals surface area contributed by atoms with E-state index in [-0.39, 0.29) is 47.7 Å². The van der Waals surface area contributed by atoms with Crippen molar-refractivity contribution in [2.75, 3.05) is 24.5 Å². The van der Waals surface area contributed by atoms with Crippen LogP contribution in [0.5, 0.6) is 11.5 Å². The molecule has 12 heteroatoms. The zero-order valence-electron chi connectivity index (χ0n) is 22.1. The quantitative estimate of drug-likeness (QED) is 0.179. The summed E-state index contributed by atoms with van der Waals surface area (Å²) in [6, 6.07) is 8.73. The SMILES string of the molecule is CC(=N)N1CCC(Oc2ccc(N(CC=Cc3cc(C(=N)N)ccc3O)C(=O)CCC(=O)O)cc2C(=O)O)CC1. The fourth-order valence-corrected chi connectivity index (χ4v) is 4.29. The molecular weight excluding hydrogens is 518 g/mol. The summed E-state index contributed by atoms with van der Waals surface area (Å²) in [6.45, 7) is 2.92. The van der Waals surface area contributed by atoms with E-state index in [1.807, 2.05) is 4.90 Å². The molecule has 1 fully saturated rings. The van der Waals surface area contributed by atoms with E-state index in [2.05, 4.69) is 0 Å². The minimum Gasteiger partial charge on any atom is -0.507 e. The Hall–Kier alpha value is -4.87. The second-order valence-electron chi connectivity index (χ2n) is 9.36. The number of phenols is 1. The van der Waals surface area contributed by atoms with Crippen molar-refractivity contribution in [1.82, 2.24) is 4.90 Å². The van der Waals surface area contributed by atoms with Crippen LogP contribution in [0.4, 0.5) is 5.69 Å². The molecule has 2 aromatic rings. The van der Waals surface area contributed by atoms with Gasteiger partial charge in [0.05, 0.1) is 12.3 Å². The number of benzene rings is 2. The fourth-order valence-electron chi connectivity index (χ4n) is 4.29. The van der Waals surface area contributed by atoms with Crippen molar-refractivity contribution in [2.24, 2.45) is 5.73 Å². The number of carboxylic acids is 2. The second-order valence-corrected chi connectivity index (χ2v) is 9.36. The van der Waals surface area contributed by atoms with Gasteiger partial charge in [0.2, 0.25) is 5.91 Å². The minimum absolute atomic E-state index is 0.0527. The third-order valence-electron chi connectivity index (χ3n) is 6.49. The zero-order chi connectivity index (χ0) is 29.4. The van der Waals surface area contributed by atoms with Crippen LogP contribution in [0.1, 0.15) is 54.1 Å². The number of anilines is 1. The predicted molar refractivity (Wildman–Crippen MR) is 149 cm³/mol. The van der Waals surface area contributed by atoms with Gasteiger partial charge in [-0.25, -0.2) is 4.79 Å². The van der Waals surface area contributed by atoms with Gasteiger partial charge in [0.1, 0.15) is 29.0 Å². The summed E-state index contributed by atoms with van der Waals surface area (Å²) < 4.78 is 6.00. The molecule has 2 aromatic carbocycles. The highest BCUT2D eigenvalue weighted by molar-refractivity contribution is 5.98. The van der Waals surface area contributed by atoms with E-state index in [1.54, 1.807) is 19.1 Å². The summed E-state index contributed by atoms with van der Waals surface area (Å²) in [4.78, 5) is 39.4. The first-order chi connectivity index (χ1) is 19.0. The van der Waals surface area contributed by atoms with Crippen molar-refractivity contribution in [3.8, 4) is 11.5 Å². The van der Waals surface area contributed by atoms with Gasteiger partial charge in [-0.3, -0.25) is 20.4 Å². The number of carboxylic acid groups (broad SMARTS) is 2. The number of carbonyl (C=O) groups excluding carboxylic acids is 1. The van der Waals surface area contributed by atoms with Crippen LogP contribution in [0.15, 0.2) is 42.5 Å². The number of aromatic carboxylic acids is 1. The number of hydrogen-bond donors (Lipinski definition) is 6. The highest BCUT2D eigenvalue weighted by Crippen LogP contribution is 2.29. The number of amides is 1. The number of nitrogens with one attached hydrogen (secondary N) is 2. The molecule has 1 aliphatic rings. The smallest absolute Gasteiger partial charge is 0.339 e. The molecule has 3 rings (SSSR count). The van der Waals surface area contributed by atoms with Gasteiger partial charge >= 0.3 is 11.9 Å². The molecule has 1 amide bonds. The van der Waals surface area contributed by atoms with E-state index in [0.29, 0.717) is 42.9 Å². The summed E-state index contributed by atoms with van der Waals surface area (Å²) in [5.74, 6) is -2.55. The molecule has 0 aromatic heterocycles. The molecule has 0 radical (unpaired) electrons. The number of nitrogen functional groups attached to an aromatic ring is 1. The van der Waals surface area contributed by atoms with Crippen molar-refractivity contribution in [1.29, 1.82) is 10.8 Å². The molecule has 12 nitrogen and oxygen atoms in total. The number of ether oxygens (including phenoxy) is 1. The molecule has 40 heavy (non-hydrogen) atoms. The van der Waals surface area contributed by atoms with Crippen LogP contribution in [0.25, 0.3) is 6.08 Å². The van der Waals surface area contributed by atoms with Crippen LogP contribution in [-0.4, -0.2) is 75.5 Å². The zero-order valence-corrected chi connectivity index (χ0v) is 22.1. The average molecular weight is 552 g/mol. The Morgan fingerprint density at radius 2 is 1.80 bits per heavy atom. The van der Waals surface area contributed by atoms with E-state index in [4.69, 9.17) is 26.4 Å². The number of carbonyl (C=O) groups is 3. The Morgan fingerprint density at radius 3 is 2.40 bits per heavy atom. The second kappa shape index (κ2) is 13.3. The average Bonchev–Trinajstić information content (AvgIpc) is 2.91. The summed E-state index contributed by atoms with van der Waals surface area (Å²) in [6.07, 6.45) is 3.40. The van der Waals surface area contributed by atoms with Crippen LogP contribution in [-0.2, 0) is 9.59 Å². The van der Waals surface area contributed by atoms with Crippen LogP contribution in [0.3, 0.4) is 0 Å². The largest absolute Gasteiger partial charge is 0.507 e. The topological polar surface area (TPSA) is 201 Å². The number of rotatable bonds is 11. The van der Waals surface area contributed by atoms with Crippen molar-refractivity contribution in [3.05, 3.63) is 59.2 Å². The van der Waals surface area contributed by atoms with E-state index in [9.17, 15) is 24.6 Å². The van der Waals surface area contributed by atoms with E-state index < -0.39 is 24.3 Å². The predicted octanol–water partition coefficient (Wildman–Crippen LogP) is 3.13. The molecule has 0 atom stereocenters. The van der Waals surface area contributed by atoms with Gasteiger partial charge in [-0.05, 0) is 43.3 Å². The highest BCUT2D eigenvalue weighted by atomic mass is 16.5. The van der Waals surface area contributed by atoms with Gasteiger partial charge in [-0.15, -0.1) is 0 Å². The summed E-state index contributed by atoms with van der Waals surface area (Å²) >= 11 is 0. The summed E-state index contributed by atoms with van der Waals surface area (Å²) in [5.41, 5.74) is 6.36. The molecule has 0 spiro atoms. The lowest BCUT2D eigenvalue weighted by atomic mass is 10.1. The maximum atomic E-state index is 13.0. The van der Waals surface area contributed by atoms with E-state index in [1.165, 1.54) is 41.3 Å². The number of likely N-dealkylation sites (tertiary alicyclic amines) is 1. The van der Waals surface area contributed by atoms with Gasteiger partial charge in [0.15, 0.2) is 0 Å². The van der Waals surface area contributed by atoms with Gasteiger partial charge in [0, 0.05) is 55.7 Å². The molecule has 1 aliphatic heterocycles. The Kier molecular flexibility index (Phi) is 9.85. The van der Waals surface area contributed by atoms with Gasteiger partial charge in [-0.1, -0.05) is 12.2 Å². The number of amidine groups is 2. The number of hydrogen-bond acceptors (Lipinski definition) is 7.